The highest BCUT2D eigenvalue weighted by Gasteiger charge is 2.45. The third-order valence-corrected chi connectivity index (χ3v) is 8.27. The molecule has 0 radical (unpaired) electrons. The Labute approximate surface area is 218 Å². The maximum atomic E-state index is 14.9. The third kappa shape index (κ3) is 7.92. The van der Waals surface area contributed by atoms with Crippen molar-refractivity contribution in [3.8, 4) is 11.1 Å². The molecule has 4 atom stereocenters. The fourth-order valence-electron chi connectivity index (χ4n) is 5.31. The maximum Gasteiger partial charge on any atom is 0.197 e. The molecule has 4 unspecified atom stereocenters. The zero-order chi connectivity index (χ0) is 26.3. The molecule has 8 heteroatoms. The molecule has 1 N–H and O–H groups in total. The summed E-state index contributed by atoms with van der Waals surface area (Å²) in [7, 11) is -3.01. The number of carbonyl (C=O) groups is 1. The molecule has 0 aromatic heterocycles. The van der Waals surface area contributed by atoms with Crippen molar-refractivity contribution in [2.75, 3.05) is 39.1 Å². The van der Waals surface area contributed by atoms with E-state index in [1.807, 2.05) is 48.6 Å². The Morgan fingerprint density at radius 1 is 1.14 bits per heavy atom. The fraction of sp³-hybridized carbons (Fsp3) is 0.483. The van der Waals surface area contributed by atoms with Gasteiger partial charge in [0.1, 0.15) is 5.82 Å². The molecule has 1 heterocycles. The highest BCUT2D eigenvalue weighted by Crippen LogP contribution is 2.36. The number of allylic oxidation sites excluding steroid dienone is 2. The second-order valence-corrected chi connectivity index (χ2v) is 12.6. The Kier molecular flexibility index (Phi) is 9.85. The highest BCUT2D eigenvalue weighted by molar-refractivity contribution is 7.57. The summed E-state index contributed by atoms with van der Waals surface area (Å²) in [5.74, 6) is -0.0697. The molecule has 1 aliphatic heterocycles. The highest BCUT2D eigenvalue weighted by atomic mass is 31.2. The summed E-state index contributed by atoms with van der Waals surface area (Å²) in [4.78, 5) is 24.8. The number of benzene rings is 2. The van der Waals surface area contributed by atoms with Gasteiger partial charge in [0.05, 0.1) is 32.0 Å². The van der Waals surface area contributed by atoms with Crippen molar-refractivity contribution in [3.05, 3.63) is 72.1 Å². The quantitative estimate of drug-likeness (QED) is 0.315. The Bertz CT molecular complexity index is 1110. The maximum absolute atomic E-state index is 14.9. The first kappa shape index (κ1) is 27.9. The SMILES string of the molecule is CP(=O)(O)CC/C=C/CCC1C(OCc2ccc(-c3ccccc3)c(F)c2)CC(=O)C1N1CCOCC1. The average Bonchev–Trinajstić information content (AvgIpc) is 3.20. The first-order chi connectivity index (χ1) is 17.8. The Morgan fingerprint density at radius 3 is 2.57 bits per heavy atom. The molecular weight excluding hydrogens is 492 g/mol. The normalized spacial score (nSPS) is 24.5. The van der Waals surface area contributed by atoms with Gasteiger partial charge in [0.2, 0.25) is 0 Å². The number of morpholine rings is 1. The van der Waals surface area contributed by atoms with Gasteiger partial charge < -0.3 is 14.4 Å². The monoisotopic (exact) mass is 529 g/mol. The van der Waals surface area contributed by atoms with Crippen molar-refractivity contribution in [2.24, 2.45) is 5.92 Å². The van der Waals surface area contributed by atoms with Crippen LogP contribution in [0, 0.1) is 11.7 Å². The summed E-state index contributed by atoms with van der Waals surface area (Å²) in [6.07, 6.45) is 6.46. The lowest BCUT2D eigenvalue weighted by atomic mass is 9.93. The van der Waals surface area contributed by atoms with Crippen molar-refractivity contribution < 1.29 is 28.1 Å². The lowest BCUT2D eigenvalue weighted by molar-refractivity contribution is -0.124. The summed E-state index contributed by atoms with van der Waals surface area (Å²) in [5.41, 5.74) is 2.13. The fourth-order valence-corrected chi connectivity index (χ4v) is 5.94. The van der Waals surface area contributed by atoms with E-state index in [0.717, 1.165) is 37.1 Å². The lowest BCUT2D eigenvalue weighted by Crippen LogP contribution is -2.49. The topological polar surface area (TPSA) is 76.1 Å². The van der Waals surface area contributed by atoms with E-state index in [9.17, 15) is 18.6 Å². The van der Waals surface area contributed by atoms with E-state index in [4.69, 9.17) is 9.47 Å². The molecule has 1 saturated carbocycles. The Balaban J connectivity index is 1.40. The number of rotatable bonds is 11. The minimum absolute atomic E-state index is 0.0267. The van der Waals surface area contributed by atoms with Gasteiger partial charge in [-0.1, -0.05) is 54.6 Å². The van der Waals surface area contributed by atoms with Crippen LogP contribution in [0.5, 0.6) is 0 Å². The van der Waals surface area contributed by atoms with Crippen LogP contribution in [-0.4, -0.2) is 66.9 Å². The molecule has 2 aliphatic rings. The number of ketones is 1. The van der Waals surface area contributed by atoms with Crippen molar-refractivity contribution >= 4 is 13.2 Å². The zero-order valence-electron chi connectivity index (χ0n) is 21.4. The molecule has 0 amide bonds. The minimum Gasteiger partial charge on any atom is -0.379 e. The van der Waals surface area contributed by atoms with Crippen LogP contribution in [-0.2, 0) is 25.4 Å². The minimum atomic E-state index is -3.01. The number of hydrogen-bond donors (Lipinski definition) is 1. The second-order valence-electron chi connectivity index (χ2n) is 10.1. The lowest BCUT2D eigenvalue weighted by Gasteiger charge is -2.35. The molecule has 200 valence electrons. The van der Waals surface area contributed by atoms with Gasteiger partial charge in [-0.25, -0.2) is 4.39 Å². The van der Waals surface area contributed by atoms with Crippen molar-refractivity contribution in [3.63, 3.8) is 0 Å². The predicted molar refractivity (Wildman–Crippen MR) is 143 cm³/mol. The molecule has 2 aromatic carbocycles. The van der Waals surface area contributed by atoms with Gasteiger partial charge in [0.15, 0.2) is 13.2 Å². The van der Waals surface area contributed by atoms with Gasteiger partial charge in [-0.2, -0.15) is 0 Å². The van der Waals surface area contributed by atoms with Crippen molar-refractivity contribution in [2.45, 2.75) is 44.4 Å². The average molecular weight is 530 g/mol. The van der Waals surface area contributed by atoms with E-state index in [1.54, 1.807) is 6.07 Å². The molecule has 6 nitrogen and oxygen atoms in total. The molecular formula is C29H37FNO5P. The van der Waals surface area contributed by atoms with Gasteiger partial charge in [0, 0.05) is 43.8 Å². The summed E-state index contributed by atoms with van der Waals surface area (Å²) >= 11 is 0. The van der Waals surface area contributed by atoms with Crippen molar-refractivity contribution in [1.29, 1.82) is 0 Å². The number of ether oxygens (including phenoxy) is 2. The van der Waals surface area contributed by atoms with E-state index in [-0.39, 0.29) is 42.4 Å². The van der Waals surface area contributed by atoms with Crippen LogP contribution in [0.3, 0.4) is 0 Å². The van der Waals surface area contributed by atoms with Gasteiger partial charge in [-0.15, -0.1) is 0 Å². The van der Waals surface area contributed by atoms with E-state index < -0.39 is 7.37 Å². The van der Waals surface area contributed by atoms with Crippen LogP contribution >= 0.6 is 7.37 Å². The molecule has 2 fully saturated rings. The van der Waals surface area contributed by atoms with E-state index >= 15 is 0 Å². The predicted octanol–water partition coefficient (Wildman–Crippen LogP) is 5.29. The molecule has 0 bridgehead atoms. The molecule has 1 aliphatic carbocycles. The van der Waals surface area contributed by atoms with Gasteiger partial charge in [0.25, 0.3) is 0 Å². The number of carbonyl (C=O) groups excluding carboxylic acids is 1. The van der Waals surface area contributed by atoms with Gasteiger partial charge in [-0.3, -0.25) is 14.3 Å². The Morgan fingerprint density at radius 2 is 1.86 bits per heavy atom. The molecule has 1 saturated heterocycles. The number of halogens is 1. The number of nitrogens with zero attached hydrogens (tertiary/aromatic N) is 1. The smallest absolute Gasteiger partial charge is 0.197 e. The largest absolute Gasteiger partial charge is 0.379 e. The Hall–Kier alpha value is -2.15. The van der Waals surface area contributed by atoms with Crippen LogP contribution in [0.25, 0.3) is 11.1 Å². The summed E-state index contributed by atoms with van der Waals surface area (Å²) in [6.45, 7) is 4.31. The summed E-state index contributed by atoms with van der Waals surface area (Å²) in [5, 5.41) is 0. The van der Waals surface area contributed by atoms with Crippen LogP contribution < -0.4 is 0 Å². The standard InChI is InChI=1S/C29H37FNO5P/c1-37(33,34)18-8-3-2-7-11-25-28(20-27(32)29(25)31-14-16-35-17-15-31)36-21-22-12-13-24(26(30)19-22)23-9-5-4-6-10-23/h2-6,9-10,12-13,19,25,28-29H,7-8,11,14-18,20-21H2,1H3,(H,33,34)/b3-2+. The van der Waals surface area contributed by atoms with Crippen LogP contribution in [0.15, 0.2) is 60.7 Å². The first-order valence-corrected chi connectivity index (χ1v) is 15.4. The molecule has 0 spiro atoms. The van der Waals surface area contributed by atoms with E-state index in [2.05, 4.69) is 4.90 Å². The second kappa shape index (κ2) is 13.1. The molecule has 4 rings (SSSR count). The summed E-state index contributed by atoms with van der Waals surface area (Å²) < 4.78 is 38.1. The first-order valence-electron chi connectivity index (χ1n) is 13.1. The van der Waals surface area contributed by atoms with E-state index in [1.165, 1.54) is 12.7 Å². The van der Waals surface area contributed by atoms with Crippen LogP contribution in [0.1, 0.15) is 31.2 Å². The van der Waals surface area contributed by atoms with Crippen LogP contribution in [0.4, 0.5) is 4.39 Å². The number of Topliss-reactive ketones (excluding diaryl/α,β-unsaturated/α-hetero) is 1. The van der Waals surface area contributed by atoms with Crippen molar-refractivity contribution in [1.82, 2.24) is 4.90 Å². The molecule has 2 aromatic rings. The molecule has 37 heavy (non-hydrogen) atoms. The number of hydrogen-bond acceptors (Lipinski definition) is 5. The third-order valence-electron chi connectivity index (χ3n) is 7.18. The van der Waals surface area contributed by atoms with E-state index in [0.29, 0.717) is 31.6 Å². The van der Waals surface area contributed by atoms with Gasteiger partial charge in [-0.05, 0) is 36.5 Å². The summed E-state index contributed by atoms with van der Waals surface area (Å²) in [6, 6.07) is 14.4. The van der Waals surface area contributed by atoms with Gasteiger partial charge >= 0.3 is 0 Å². The van der Waals surface area contributed by atoms with Crippen LogP contribution in [0.2, 0.25) is 0 Å². The zero-order valence-corrected chi connectivity index (χ0v) is 22.3.